The summed E-state index contributed by atoms with van der Waals surface area (Å²) >= 11 is 0. The summed E-state index contributed by atoms with van der Waals surface area (Å²) in [6.45, 7) is 4.96. The van der Waals surface area contributed by atoms with Crippen LogP contribution in [-0.4, -0.2) is 31.1 Å². The monoisotopic (exact) mass is 256 g/mol. The molecule has 0 bridgehead atoms. The minimum atomic E-state index is -0.978. The van der Waals surface area contributed by atoms with Crippen molar-refractivity contribution in [1.29, 1.82) is 0 Å². The van der Waals surface area contributed by atoms with Gasteiger partial charge >= 0.3 is 11.8 Å². The molecule has 1 heterocycles. The average molecular weight is 256 g/mol. The molecule has 1 rings (SSSR count). The first-order valence-electron chi connectivity index (χ1n) is 5.32. The summed E-state index contributed by atoms with van der Waals surface area (Å²) in [5.74, 6) is -0.582. The highest BCUT2D eigenvalue weighted by Crippen LogP contribution is 2.27. The lowest BCUT2D eigenvalue weighted by Gasteiger charge is -2.24. The second kappa shape index (κ2) is 4.63. The predicted molar refractivity (Wildman–Crippen MR) is 64.6 cm³/mol. The summed E-state index contributed by atoms with van der Waals surface area (Å²) in [5.41, 5.74) is -0.809. The highest BCUT2D eigenvalue weighted by Gasteiger charge is 2.30. The van der Waals surface area contributed by atoms with E-state index in [9.17, 15) is 14.9 Å². The largest absolute Gasteiger partial charge is 0.481 e. The molecule has 0 aliphatic heterocycles. The van der Waals surface area contributed by atoms with Gasteiger partial charge in [-0.25, -0.2) is 0 Å². The number of aryl methyl sites for hydroxylation is 1. The lowest BCUT2D eigenvalue weighted by atomic mass is 10.0. The van der Waals surface area contributed by atoms with E-state index in [0.717, 1.165) is 0 Å². The molecule has 100 valence electrons. The smallest absolute Gasteiger partial charge is 0.406 e. The van der Waals surface area contributed by atoms with Gasteiger partial charge in [-0.15, -0.1) is 0 Å². The van der Waals surface area contributed by atoms with Crippen LogP contribution in [0.1, 0.15) is 26.1 Å². The first-order valence-corrected chi connectivity index (χ1v) is 5.32. The van der Waals surface area contributed by atoms with Gasteiger partial charge in [0.05, 0.1) is 6.42 Å². The topological polar surface area (TPSA) is 110 Å². The Kier molecular flexibility index (Phi) is 3.59. The van der Waals surface area contributed by atoms with E-state index >= 15 is 0 Å². The Morgan fingerprint density at radius 3 is 2.61 bits per heavy atom. The molecule has 0 unspecified atom stereocenters. The molecule has 8 nitrogen and oxygen atoms in total. The van der Waals surface area contributed by atoms with E-state index in [0.29, 0.717) is 5.82 Å². The third-order valence-corrected chi connectivity index (χ3v) is 2.52. The molecular formula is C10H16N4O4. The van der Waals surface area contributed by atoms with Gasteiger partial charge in [0.15, 0.2) is 0 Å². The number of aromatic nitrogens is 2. The fourth-order valence-electron chi connectivity index (χ4n) is 1.60. The highest BCUT2D eigenvalue weighted by atomic mass is 16.6. The second-order valence-electron chi connectivity index (χ2n) is 4.73. The Bertz CT molecular complexity index is 492. The van der Waals surface area contributed by atoms with Crippen molar-refractivity contribution >= 4 is 17.6 Å². The van der Waals surface area contributed by atoms with Gasteiger partial charge in [0, 0.05) is 19.5 Å². The predicted octanol–water partition coefficient (Wildman–Crippen LogP) is 1.30. The maximum Gasteiger partial charge on any atom is 0.406 e. The molecule has 0 aromatic carbocycles. The number of rotatable bonds is 5. The zero-order valence-electron chi connectivity index (χ0n) is 10.7. The number of carboxylic acids is 1. The van der Waals surface area contributed by atoms with Crippen LogP contribution in [0.3, 0.4) is 0 Å². The fourth-order valence-corrected chi connectivity index (χ4v) is 1.60. The maximum absolute atomic E-state index is 10.9. The number of aliphatic carboxylic acids is 1. The van der Waals surface area contributed by atoms with E-state index in [1.54, 1.807) is 27.8 Å². The van der Waals surface area contributed by atoms with E-state index in [4.69, 9.17) is 5.11 Å². The average Bonchev–Trinajstić information content (AvgIpc) is 2.43. The third kappa shape index (κ3) is 2.96. The molecule has 2 N–H and O–H groups in total. The fraction of sp³-hybridized carbons (Fsp3) is 0.600. The third-order valence-electron chi connectivity index (χ3n) is 2.52. The molecule has 8 heteroatoms. The number of nitro groups is 1. The SMILES string of the molecule is Cc1nc([N+](=O)[O-])c(NC(C)(C)CC(=O)O)n1C. The van der Waals surface area contributed by atoms with E-state index in [-0.39, 0.29) is 18.1 Å². The minimum Gasteiger partial charge on any atom is -0.481 e. The number of nitrogens with one attached hydrogen (secondary N) is 1. The van der Waals surface area contributed by atoms with Crippen LogP contribution < -0.4 is 5.32 Å². The summed E-state index contributed by atoms with van der Waals surface area (Å²) in [6.07, 6.45) is -0.158. The molecule has 0 atom stereocenters. The molecule has 0 aliphatic rings. The summed E-state index contributed by atoms with van der Waals surface area (Å²) in [4.78, 5) is 24.8. The van der Waals surface area contributed by atoms with Gasteiger partial charge in [-0.2, -0.15) is 0 Å². The molecule has 1 aromatic heterocycles. The first-order chi connectivity index (χ1) is 8.14. The van der Waals surface area contributed by atoms with Crippen molar-refractivity contribution in [2.24, 2.45) is 7.05 Å². The van der Waals surface area contributed by atoms with Crippen molar-refractivity contribution in [1.82, 2.24) is 9.55 Å². The van der Waals surface area contributed by atoms with E-state index in [1.807, 2.05) is 0 Å². The molecule has 0 saturated heterocycles. The Balaban J connectivity index is 3.10. The van der Waals surface area contributed by atoms with Crippen LogP contribution >= 0.6 is 0 Å². The Morgan fingerprint density at radius 2 is 2.17 bits per heavy atom. The van der Waals surface area contributed by atoms with Crippen LogP contribution in [0, 0.1) is 17.0 Å². The second-order valence-corrected chi connectivity index (χ2v) is 4.73. The molecule has 1 aromatic rings. The Hall–Kier alpha value is -2.12. The van der Waals surface area contributed by atoms with Gasteiger partial charge in [0.1, 0.15) is 0 Å². The Morgan fingerprint density at radius 1 is 1.61 bits per heavy atom. The van der Waals surface area contributed by atoms with Gasteiger partial charge in [0.2, 0.25) is 11.6 Å². The zero-order valence-corrected chi connectivity index (χ0v) is 10.7. The summed E-state index contributed by atoms with van der Waals surface area (Å²) in [6, 6.07) is 0. The number of hydrogen-bond donors (Lipinski definition) is 2. The van der Waals surface area contributed by atoms with E-state index in [2.05, 4.69) is 10.3 Å². The number of nitrogens with zero attached hydrogens (tertiary/aromatic N) is 3. The first kappa shape index (κ1) is 13.9. The summed E-state index contributed by atoms with van der Waals surface area (Å²) in [7, 11) is 1.63. The van der Waals surface area contributed by atoms with Crippen LogP contribution in [0.2, 0.25) is 0 Å². The summed E-state index contributed by atoms with van der Waals surface area (Å²) < 4.78 is 1.53. The van der Waals surface area contributed by atoms with Crippen molar-refractivity contribution in [3.05, 3.63) is 15.9 Å². The van der Waals surface area contributed by atoms with Crippen molar-refractivity contribution < 1.29 is 14.8 Å². The molecule has 18 heavy (non-hydrogen) atoms. The molecule has 0 amide bonds. The number of imidazole rings is 1. The number of anilines is 1. The van der Waals surface area contributed by atoms with Crippen molar-refractivity contribution in [3.63, 3.8) is 0 Å². The maximum atomic E-state index is 10.9. The highest BCUT2D eigenvalue weighted by molar-refractivity contribution is 5.69. The van der Waals surface area contributed by atoms with Crippen LogP contribution in [-0.2, 0) is 11.8 Å². The van der Waals surface area contributed by atoms with Crippen LogP contribution in [0.4, 0.5) is 11.6 Å². The zero-order chi connectivity index (χ0) is 14.1. The lowest BCUT2D eigenvalue weighted by molar-refractivity contribution is -0.388. The Labute approximate surface area is 104 Å². The summed E-state index contributed by atoms with van der Waals surface area (Å²) in [5, 5.41) is 22.5. The molecule has 0 saturated carbocycles. The molecular weight excluding hydrogens is 240 g/mol. The van der Waals surface area contributed by atoms with Crippen LogP contribution in [0.5, 0.6) is 0 Å². The van der Waals surface area contributed by atoms with E-state index < -0.39 is 16.4 Å². The molecule has 0 fully saturated rings. The number of hydrogen-bond acceptors (Lipinski definition) is 5. The number of carboxylic acid groups (broad SMARTS) is 1. The lowest BCUT2D eigenvalue weighted by Crippen LogP contribution is -2.34. The van der Waals surface area contributed by atoms with Gasteiger partial charge in [-0.3, -0.25) is 9.36 Å². The normalized spacial score (nSPS) is 11.3. The standard InChI is InChI=1S/C10H16N4O4/c1-6-11-8(14(17)18)9(13(6)4)12-10(2,3)5-7(15)16/h12H,5H2,1-4H3,(H,15,16). The van der Waals surface area contributed by atoms with Gasteiger partial charge < -0.3 is 20.5 Å². The number of carbonyl (C=O) groups is 1. The van der Waals surface area contributed by atoms with E-state index in [1.165, 1.54) is 4.57 Å². The molecule has 0 radical (unpaired) electrons. The van der Waals surface area contributed by atoms with Gasteiger partial charge in [-0.1, -0.05) is 0 Å². The van der Waals surface area contributed by atoms with Crippen LogP contribution in [0.25, 0.3) is 0 Å². The quantitative estimate of drug-likeness (QED) is 0.607. The van der Waals surface area contributed by atoms with Crippen molar-refractivity contribution in [3.8, 4) is 0 Å². The molecule has 0 aliphatic carbocycles. The van der Waals surface area contributed by atoms with Crippen LogP contribution in [0.15, 0.2) is 0 Å². The van der Waals surface area contributed by atoms with Gasteiger partial charge in [-0.05, 0) is 23.8 Å². The molecule has 0 spiro atoms. The van der Waals surface area contributed by atoms with Gasteiger partial charge in [0.25, 0.3) is 0 Å². The minimum absolute atomic E-state index is 0.158. The van der Waals surface area contributed by atoms with Crippen molar-refractivity contribution in [2.45, 2.75) is 32.7 Å². The van der Waals surface area contributed by atoms with Crippen molar-refractivity contribution in [2.75, 3.05) is 5.32 Å².